The summed E-state index contributed by atoms with van der Waals surface area (Å²) in [6.45, 7) is 5.02. The molecule has 2 aliphatic rings. The highest BCUT2D eigenvalue weighted by atomic mass is 16.5. The molecule has 0 saturated carbocycles. The van der Waals surface area contributed by atoms with Gasteiger partial charge in [-0.1, -0.05) is 35.5 Å². The van der Waals surface area contributed by atoms with E-state index in [9.17, 15) is 9.59 Å². The van der Waals surface area contributed by atoms with Crippen LogP contribution < -0.4 is 0 Å². The molecule has 4 rings (SSSR count). The molecule has 3 heterocycles. The molecule has 2 saturated heterocycles. The van der Waals surface area contributed by atoms with E-state index < -0.39 is 5.60 Å². The molecule has 7 nitrogen and oxygen atoms in total. The largest absolute Gasteiger partial charge is 0.361 e. The Hall–Kier alpha value is -2.67. The number of likely N-dealkylation sites (N-methyl/N-ethyl adjacent to an activating group) is 1. The van der Waals surface area contributed by atoms with E-state index in [4.69, 9.17) is 9.26 Å². The van der Waals surface area contributed by atoms with Gasteiger partial charge in [0.1, 0.15) is 11.3 Å². The molecule has 0 aliphatic carbocycles. The predicted molar refractivity (Wildman–Crippen MR) is 97.4 cm³/mol. The summed E-state index contributed by atoms with van der Waals surface area (Å²) in [6.07, 6.45) is 0. The third-order valence-corrected chi connectivity index (χ3v) is 5.61. The van der Waals surface area contributed by atoms with E-state index in [1.165, 1.54) is 0 Å². The van der Waals surface area contributed by atoms with Gasteiger partial charge in [-0.05, 0) is 19.4 Å². The van der Waals surface area contributed by atoms with Gasteiger partial charge in [0.15, 0.2) is 5.60 Å². The van der Waals surface area contributed by atoms with Crippen molar-refractivity contribution in [3.05, 3.63) is 52.9 Å². The van der Waals surface area contributed by atoms with Crippen LogP contribution in [0.1, 0.15) is 33.3 Å². The number of hydrogen-bond donors (Lipinski definition) is 0. The Morgan fingerprint density at radius 1 is 1.26 bits per heavy atom. The van der Waals surface area contributed by atoms with Crippen molar-refractivity contribution in [1.29, 1.82) is 0 Å². The van der Waals surface area contributed by atoms with E-state index in [2.05, 4.69) is 5.16 Å². The number of rotatable bonds is 2. The molecule has 1 aromatic heterocycles. The summed E-state index contributed by atoms with van der Waals surface area (Å²) < 4.78 is 11.3. The number of hydrogen-bond acceptors (Lipinski definition) is 5. The number of aromatic nitrogens is 1. The van der Waals surface area contributed by atoms with Crippen molar-refractivity contribution in [2.24, 2.45) is 0 Å². The first-order chi connectivity index (χ1) is 12.9. The minimum atomic E-state index is -1.05. The molecular formula is C20H23N3O4. The van der Waals surface area contributed by atoms with E-state index in [1.54, 1.807) is 30.7 Å². The number of benzene rings is 1. The van der Waals surface area contributed by atoms with Gasteiger partial charge in [0, 0.05) is 26.1 Å². The van der Waals surface area contributed by atoms with E-state index in [0.29, 0.717) is 36.7 Å². The van der Waals surface area contributed by atoms with Gasteiger partial charge in [-0.25, -0.2) is 0 Å². The Morgan fingerprint density at radius 3 is 2.67 bits per heavy atom. The van der Waals surface area contributed by atoms with Crippen LogP contribution in [0.3, 0.4) is 0 Å². The fourth-order valence-corrected chi connectivity index (χ4v) is 4.24. The van der Waals surface area contributed by atoms with Gasteiger partial charge >= 0.3 is 0 Å². The minimum Gasteiger partial charge on any atom is -0.361 e. The van der Waals surface area contributed by atoms with Crippen LogP contribution in [0.2, 0.25) is 0 Å². The average Bonchev–Trinajstić information content (AvgIpc) is 3.14. The van der Waals surface area contributed by atoms with Crippen molar-refractivity contribution in [3.8, 4) is 0 Å². The Balaban J connectivity index is 1.69. The van der Waals surface area contributed by atoms with Crippen molar-refractivity contribution in [2.45, 2.75) is 25.4 Å². The van der Waals surface area contributed by atoms with Gasteiger partial charge in [0.05, 0.1) is 18.8 Å². The van der Waals surface area contributed by atoms with Crippen LogP contribution in [-0.2, 0) is 9.53 Å². The molecule has 0 N–H and O–H groups in total. The van der Waals surface area contributed by atoms with Crippen LogP contribution in [0.25, 0.3) is 0 Å². The average molecular weight is 369 g/mol. The van der Waals surface area contributed by atoms with Crippen LogP contribution in [0.15, 0.2) is 34.9 Å². The summed E-state index contributed by atoms with van der Waals surface area (Å²) in [7, 11) is 1.78. The summed E-state index contributed by atoms with van der Waals surface area (Å²) in [6, 6.07) is 9.89. The van der Waals surface area contributed by atoms with Crippen LogP contribution in [0, 0.1) is 13.8 Å². The van der Waals surface area contributed by atoms with Gasteiger partial charge in [-0.15, -0.1) is 0 Å². The lowest BCUT2D eigenvalue weighted by Crippen LogP contribution is -2.59. The van der Waals surface area contributed by atoms with Crippen molar-refractivity contribution >= 4 is 11.8 Å². The van der Waals surface area contributed by atoms with E-state index in [0.717, 1.165) is 5.56 Å². The quantitative estimate of drug-likeness (QED) is 0.806. The monoisotopic (exact) mass is 369 g/mol. The number of nitrogens with zero attached hydrogens (tertiary/aromatic N) is 3. The molecule has 0 radical (unpaired) electrons. The maximum Gasteiger partial charge on any atom is 0.259 e. The van der Waals surface area contributed by atoms with Crippen LogP contribution in [0.5, 0.6) is 0 Å². The summed E-state index contributed by atoms with van der Waals surface area (Å²) in [4.78, 5) is 29.6. The number of amides is 2. The molecule has 2 aliphatic heterocycles. The van der Waals surface area contributed by atoms with Gasteiger partial charge in [0.25, 0.3) is 11.8 Å². The van der Waals surface area contributed by atoms with Gasteiger partial charge < -0.3 is 19.1 Å². The Labute approximate surface area is 157 Å². The molecule has 2 aromatic rings. The molecule has 0 bridgehead atoms. The Kier molecular flexibility index (Phi) is 4.26. The minimum absolute atomic E-state index is 0.0763. The number of aryl methyl sites for hydroxylation is 2. The third kappa shape index (κ3) is 2.73. The zero-order chi connectivity index (χ0) is 19.2. The SMILES string of the molecule is Cc1noc(C)c1C(=O)N1CCOC2(C1)C(=O)N(C)CC2c1ccccc1. The second-order valence-corrected chi connectivity index (χ2v) is 7.31. The van der Waals surface area contributed by atoms with Gasteiger partial charge in [-0.3, -0.25) is 9.59 Å². The van der Waals surface area contributed by atoms with Gasteiger partial charge in [-0.2, -0.15) is 0 Å². The molecule has 1 spiro atoms. The highest BCUT2D eigenvalue weighted by molar-refractivity contribution is 5.97. The Bertz CT molecular complexity index is 859. The van der Waals surface area contributed by atoms with Crippen molar-refractivity contribution in [1.82, 2.24) is 15.0 Å². The van der Waals surface area contributed by atoms with Crippen molar-refractivity contribution < 1.29 is 18.8 Å². The van der Waals surface area contributed by atoms with Crippen LogP contribution in [0.4, 0.5) is 0 Å². The molecular weight excluding hydrogens is 346 g/mol. The first-order valence-electron chi connectivity index (χ1n) is 9.10. The molecule has 1 aromatic carbocycles. The molecule has 27 heavy (non-hydrogen) atoms. The standard InChI is InChI=1S/C20H23N3O4/c1-13-17(14(2)27-21-13)18(24)23-9-10-26-20(12-23)16(11-22(3)19(20)25)15-7-5-4-6-8-15/h4-8,16H,9-12H2,1-3H3. The number of carbonyl (C=O) groups is 2. The molecule has 2 fully saturated rings. The second kappa shape index (κ2) is 6.49. The van der Waals surface area contributed by atoms with Crippen molar-refractivity contribution in [2.75, 3.05) is 33.3 Å². The summed E-state index contributed by atoms with van der Waals surface area (Å²) >= 11 is 0. The number of ether oxygens (including phenoxy) is 1. The smallest absolute Gasteiger partial charge is 0.259 e. The lowest BCUT2D eigenvalue weighted by atomic mass is 9.83. The molecule has 2 amide bonds. The van der Waals surface area contributed by atoms with E-state index >= 15 is 0 Å². The lowest BCUT2D eigenvalue weighted by Gasteiger charge is -2.42. The van der Waals surface area contributed by atoms with Gasteiger partial charge in [0.2, 0.25) is 0 Å². The first-order valence-corrected chi connectivity index (χ1v) is 9.10. The highest BCUT2D eigenvalue weighted by Crippen LogP contribution is 2.41. The van der Waals surface area contributed by atoms with Crippen LogP contribution in [-0.4, -0.2) is 65.7 Å². The molecule has 2 unspecified atom stereocenters. The van der Waals surface area contributed by atoms with Crippen LogP contribution >= 0.6 is 0 Å². The molecule has 2 atom stereocenters. The Morgan fingerprint density at radius 2 is 2.00 bits per heavy atom. The zero-order valence-corrected chi connectivity index (χ0v) is 15.8. The fourth-order valence-electron chi connectivity index (χ4n) is 4.24. The summed E-state index contributed by atoms with van der Waals surface area (Å²) in [5, 5.41) is 3.88. The number of likely N-dealkylation sites (tertiary alicyclic amines) is 1. The number of carbonyl (C=O) groups excluding carboxylic acids is 2. The molecule has 7 heteroatoms. The highest BCUT2D eigenvalue weighted by Gasteiger charge is 2.57. The van der Waals surface area contributed by atoms with E-state index in [-0.39, 0.29) is 24.3 Å². The second-order valence-electron chi connectivity index (χ2n) is 7.31. The maximum absolute atomic E-state index is 13.1. The summed E-state index contributed by atoms with van der Waals surface area (Å²) in [5.74, 6) is 0.125. The normalized spacial score (nSPS) is 25.4. The fraction of sp³-hybridized carbons (Fsp3) is 0.450. The molecule has 142 valence electrons. The van der Waals surface area contributed by atoms with Crippen molar-refractivity contribution in [3.63, 3.8) is 0 Å². The number of morpholine rings is 1. The zero-order valence-electron chi connectivity index (χ0n) is 15.8. The maximum atomic E-state index is 13.1. The summed E-state index contributed by atoms with van der Waals surface area (Å²) in [5.41, 5.74) is 1.03. The lowest BCUT2D eigenvalue weighted by molar-refractivity contribution is -0.159. The van der Waals surface area contributed by atoms with E-state index in [1.807, 2.05) is 30.3 Å². The predicted octanol–water partition coefficient (Wildman–Crippen LogP) is 1.76. The third-order valence-electron chi connectivity index (χ3n) is 5.61. The topological polar surface area (TPSA) is 75.9 Å². The first kappa shape index (κ1) is 17.7.